The van der Waals surface area contributed by atoms with Crippen LogP contribution in [0.4, 0.5) is 0 Å². The Labute approximate surface area is 125 Å². The van der Waals surface area contributed by atoms with E-state index in [0.717, 1.165) is 6.54 Å². The number of rotatable bonds is 6. The molecule has 5 nitrogen and oxygen atoms in total. The molecule has 1 aliphatic carbocycles. The van der Waals surface area contributed by atoms with Crippen molar-refractivity contribution in [2.45, 2.75) is 25.3 Å². The van der Waals surface area contributed by atoms with Crippen LogP contribution in [-0.4, -0.2) is 53.7 Å². The normalized spacial score (nSPS) is 13.7. The molecule has 0 aliphatic heterocycles. The maximum atomic E-state index is 12.0. The number of hydrogen-bond donors (Lipinski definition) is 2. The number of amides is 1. The molecule has 0 aromatic carbocycles. The number of aromatic nitrogens is 1. The highest BCUT2D eigenvalue weighted by Gasteiger charge is 2.25. The van der Waals surface area contributed by atoms with E-state index in [-0.39, 0.29) is 12.5 Å². The molecule has 112 valence electrons. The topological polar surface area (TPSA) is 65.5 Å². The fourth-order valence-corrected chi connectivity index (χ4v) is 2.00. The van der Waals surface area contributed by atoms with Crippen LogP contribution in [0, 0.1) is 11.8 Å². The van der Waals surface area contributed by atoms with Crippen LogP contribution in [0.25, 0.3) is 0 Å². The number of pyridine rings is 1. The van der Waals surface area contributed by atoms with E-state index < -0.39 is 0 Å². The highest BCUT2D eigenvalue weighted by molar-refractivity contribution is 5.94. The van der Waals surface area contributed by atoms with Gasteiger partial charge in [0, 0.05) is 43.5 Å². The van der Waals surface area contributed by atoms with Gasteiger partial charge in [-0.15, -0.1) is 0 Å². The van der Waals surface area contributed by atoms with Crippen LogP contribution in [0.15, 0.2) is 18.5 Å². The molecule has 0 spiro atoms. The third-order valence-corrected chi connectivity index (χ3v) is 3.39. The van der Waals surface area contributed by atoms with E-state index >= 15 is 0 Å². The van der Waals surface area contributed by atoms with Crippen LogP contribution in [0.3, 0.4) is 0 Å². The van der Waals surface area contributed by atoms with Gasteiger partial charge in [0.2, 0.25) is 0 Å². The Bertz CT molecular complexity index is 544. The van der Waals surface area contributed by atoms with Crippen molar-refractivity contribution in [2.75, 3.05) is 26.7 Å². The number of aliphatic hydroxyl groups excluding tert-OH is 1. The van der Waals surface area contributed by atoms with Crippen molar-refractivity contribution >= 4 is 5.91 Å². The van der Waals surface area contributed by atoms with Crippen molar-refractivity contribution in [1.82, 2.24) is 15.2 Å². The Morgan fingerprint density at radius 2 is 2.33 bits per heavy atom. The molecule has 1 amide bonds. The third kappa shape index (κ3) is 5.18. The number of nitrogens with zero attached hydrogens (tertiary/aromatic N) is 2. The van der Waals surface area contributed by atoms with Crippen molar-refractivity contribution in [3.8, 4) is 11.8 Å². The first-order valence-corrected chi connectivity index (χ1v) is 7.24. The predicted molar refractivity (Wildman–Crippen MR) is 80.8 cm³/mol. The first-order valence-electron chi connectivity index (χ1n) is 7.24. The number of carbonyl (C=O) groups excluding carboxylic acids is 1. The lowest BCUT2D eigenvalue weighted by molar-refractivity contribution is 0.0949. The molecule has 1 heterocycles. The van der Waals surface area contributed by atoms with Crippen molar-refractivity contribution in [2.24, 2.45) is 0 Å². The number of aliphatic hydroxyl groups is 1. The van der Waals surface area contributed by atoms with E-state index in [0.29, 0.717) is 30.1 Å². The summed E-state index contributed by atoms with van der Waals surface area (Å²) < 4.78 is 0. The number of likely N-dealkylation sites (N-methyl/N-ethyl adjacent to an activating group) is 1. The fourth-order valence-electron chi connectivity index (χ4n) is 2.00. The zero-order valence-electron chi connectivity index (χ0n) is 12.3. The molecule has 0 saturated heterocycles. The minimum absolute atomic E-state index is 0.0368. The first kappa shape index (κ1) is 15.5. The zero-order chi connectivity index (χ0) is 15.1. The Morgan fingerprint density at radius 1 is 1.52 bits per heavy atom. The molecule has 2 N–H and O–H groups in total. The number of carbonyl (C=O) groups is 1. The van der Waals surface area contributed by atoms with Gasteiger partial charge in [-0.25, -0.2) is 0 Å². The largest absolute Gasteiger partial charge is 0.395 e. The van der Waals surface area contributed by atoms with Gasteiger partial charge in [-0.1, -0.05) is 11.8 Å². The van der Waals surface area contributed by atoms with Crippen molar-refractivity contribution < 1.29 is 9.90 Å². The zero-order valence-corrected chi connectivity index (χ0v) is 12.3. The molecule has 0 unspecified atom stereocenters. The summed E-state index contributed by atoms with van der Waals surface area (Å²) in [6.45, 7) is 1.53. The molecular formula is C16H21N3O2. The Morgan fingerprint density at radius 3 is 3.05 bits per heavy atom. The second-order valence-corrected chi connectivity index (χ2v) is 5.21. The number of nitrogens with one attached hydrogen (secondary N) is 1. The van der Waals surface area contributed by atoms with Gasteiger partial charge in [-0.3, -0.25) is 9.78 Å². The van der Waals surface area contributed by atoms with Crippen LogP contribution in [0.5, 0.6) is 0 Å². The maximum Gasteiger partial charge on any atom is 0.252 e. The minimum Gasteiger partial charge on any atom is -0.395 e. The van der Waals surface area contributed by atoms with Gasteiger partial charge in [0.1, 0.15) is 0 Å². The molecule has 1 fully saturated rings. The smallest absolute Gasteiger partial charge is 0.252 e. The summed E-state index contributed by atoms with van der Waals surface area (Å²) in [6, 6.07) is 2.42. The van der Waals surface area contributed by atoms with Crippen LogP contribution < -0.4 is 5.32 Å². The van der Waals surface area contributed by atoms with Crippen LogP contribution in [0.2, 0.25) is 0 Å². The van der Waals surface area contributed by atoms with E-state index in [1.165, 1.54) is 19.0 Å². The van der Waals surface area contributed by atoms with E-state index in [4.69, 9.17) is 5.11 Å². The van der Waals surface area contributed by atoms with Gasteiger partial charge in [-0.2, -0.15) is 0 Å². The molecular weight excluding hydrogens is 266 g/mol. The van der Waals surface area contributed by atoms with Crippen molar-refractivity contribution in [3.05, 3.63) is 29.6 Å². The molecule has 5 heteroatoms. The molecule has 2 rings (SSSR count). The van der Waals surface area contributed by atoms with Crippen LogP contribution in [0.1, 0.15) is 35.2 Å². The van der Waals surface area contributed by atoms with Crippen LogP contribution in [-0.2, 0) is 0 Å². The maximum absolute atomic E-state index is 12.0. The summed E-state index contributed by atoms with van der Waals surface area (Å²) in [5.74, 6) is 5.57. The predicted octanol–water partition coefficient (Wildman–Crippen LogP) is 0.639. The molecule has 21 heavy (non-hydrogen) atoms. The van der Waals surface area contributed by atoms with Gasteiger partial charge in [0.15, 0.2) is 0 Å². The fraction of sp³-hybridized carbons (Fsp3) is 0.500. The Balaban J connectivity index is 1.83. The molecule has 1 aromatic heterocycles. The van der Waals surface area contributed by atoms with E-state index in [9.17, 15) is 4.79 Å². The SMILES string of the molecule is CN(CCNC(=O)c1cncc(C#CCCO)c1)C1CC1. The van der Waals surface area contributed by atoms with E-state index in [1.807, 2.05) is 0 Å². The summed E-state index contributed by atoms with van der Waals surface area (Å²) in [4.78, 5) is 18.3. The lowest BCUT2D eigenvalue weighted by atomic mass is 10.2. The summed E-state index contributed by atoms with van der Waals surface area (Å²) in [6.07, 6.45) is 6.11. The lowest BCUT2D eigenvalue weighted by Gasteiger charge is -2.15. The van der Waals surface area contributed by atoms with Gasteiger partial charge in [-0.05, 0) is 26.0 Å². The molecule has 1 aromatic rings. The van der Waals surface area contributed by atoms with Gasteiger partial charge < -0.3 is 15.3 Å². The summed E-state index contributed by atoms with van der Waals surface area (Å²) in [7, 11) is 2.09. The van der Waals surface area contributed by atoms with Gasteiger partial charge in [0.25, 0.3) is 5.91 Å². The summed E-state index contributed by atoms with van der Waals surface area (Å²) >= 11 is 0. The lowest BCUT2D eigenvalue weighted by Crippen LogP contribution is -2.34. The first-order chi connectivity index (χ1) is 10.2. The minimum atomic E-state index is -0.127. The van der Waals surface area contributed by atoms with E-state index in [1.54, 1.807) is 12.3 Å². The summed E-state index contributed by atoms with van der Waals surface area (Å²) in [5.41, 5.74) is 1.20. The van der Waals surface area contributed by atoms with Crippen LogP contribution >= 0.6 is 0 Å². The third-order valence-electron chi connectivity index (χ3n) is 3.39. The monoisotopic (exact) mass is 287 g/mol. The standard InChI is InChI=1S/C16H21N3O2/c1-19(15-5-6-15)8-7-18-16(21)14-10-13(11-17-12-14)4-2-3-9-20/h10-12,15,20H,3,5-9H2,1H3,(H,18,21). The number of hydrogen-bond acceptors (Lipinski definition) is 4. The molecule has 0 atom stereocenters. The average Bonchev–Trinajstić information content (AvgIpc) is 3.32. The highest BCUT2D eigenvalue weighted by atomic mass is 16.2. The molecule has 1 saturated carbocycles. The quantitative estimate of drug-likeness (QED) is 0.754. The molecule has 0 bridgehead atoms. The van der Waals surface area contributed by atoms with Gasteiger partial charge in [0.05, 0.1) is 12.2 Å². The second kappa shape index (κ2) is 7.77. The van der Waals surface area contributed by atoms with Crippen molar-refractivity contribution in [1.29, 1.82) is 0 Å². The Hall–Kier alpha value is -1.90. The average molecular weight is 287 g/mol. The van der Waals surface area contributed by atoms with Crippen molar-refractivity contribution in [3.63, 3.8) is 0 Å². The molecule has 1 aliphatic rings. The van der Waals surface area contributed by atoms with Gasteiger partial charge >= 0.3 is 0 Å². The second-order valence-electron chi connectivity index (χ2n) is 5.21. The summed E-state index contributed by atoms with van der Waals surface area (Å²) in [5, 5.41) is 11.6. The Kier molecular flexibility index (Phi) is 5.73. The molecule has 0 radical (unpaired) electrons. The highest BCUT2D eigenvalue weighted by Crippen LogP contribution is 2.24. The van der Waals surface area contributed by atoms with E-state index in [2.05, 4.69) is 34.1 Å².